The van der Waals surface area contributed by atoms with Crippen molar-refractivity contribution >= 4 is 17.9 Å². The molecule has 202 valence electrons. The Morgan fingerprint density at radius 1 is 1.03 bits per heavy atom. The number of rotatable bonds is 5. The van der Waals surface area contributed by atoms with Gasteiger partial charge in [-0.05, 0) is 38.7 Å². The largest absolute Gasteiger partial charge is 0.458 e. The van der Waals surface area contributed by atoms with E-state index in [1.807, 2.05) is 19.9 Å². The Labute approximate surface area is 213 Å². The van der Waals surface area contributed by atoms with Crippen LogP contribution in [0.4, 0.5) is 0 Å². The lowest BCUT2D eigenvalue weighted by atomic mass is 9.55. The highest BCUT2D eigenvalue weighted by Crippen LogP contribution is 2.61. The van der Waals surface area contributed by atoms with Gasteiger partial charge in [-0.25, -0.2) is 0 Å². The maximum atomic E-state index is 12.5. The quantitative estimate of drug-likeness (QED) is 0.314. The minimum Gasteiger partial charge on any atom is -0.458 e. The zero-order chi connectivity index (χ0) is 26.8. The van der Waals surface area contributed by atoms with Gasteiger partial charge < -0.3 is 28.4 Å². The second-order valence-corrected chi connectivity index (χ2v) is 11.5. The fourth-order valence-electron chi connectivity index (χ4n) is 7.53. The Balaban J connectivity index is 1.97. The molecule has 3 fully saturated rings. The van der Waals surface area contributed by atoms with Crippen LogP contribution in [0.15, 0.2) is 11.6 Å². The first-order valence-electron chi connectivity index (χ1n) is 12.8. The van der Waals surface area contributed by atoms with Crippen LogP contribution in [-0.2, 0) is 42.8 Å². The van der Waals surface area contributed by atoms with Gasteiger partial charge >= 0.3 is 17.9 Å². The molecule has 36 heavy (non-hydrogen) atoms. The maximum Gasteiger partial charge on any atom is 0.303 e. The van der Waals surface area contributed by atoms with Gasteiger partial charge in [-0.15, -0.1) is 0 Å². The van der Waals surface area contributed by atoms with Gasteiger partial charge in [0.1, 0.15) is 6.10 Å². The summed E-state index contributed by atoms with van der Waals surface area (Å²) in [5.74, 6) is -3.28. The average molecular weight is 509 g/mol. The number of fused-ring (bicyclic) bond motifs is 8. The van der Waals surface area contributed by atoms with Crippen LogP contribution in [0.2, 0.25) is 0 Å². The molecule has 4 rings (SSSR count). The topological polar surface area (TPSA) is 107 Å². The molecule has 0 radical (unpaired) electrons. The predicted molar refractivity (Wildman–Crippen MR) is 127 cm³/mol. The van der Waals surface area contributed by atoms with E-state index in [9.17, 15) is 14.4 Å². The summed E-state index contributed by atoms with van der Waals surface area (Å²) in [6, 6.07) is 0. The second kappa shape index (κ2) is 9.10. The third-order valence-corrected chi connectivity index (χ3v) is 8.79. The number of esters is 3. The van der Waals surface area contributed by atoms with Gasteiger partial charge in [-0.1, -0.05) is 19.9 Å². The summed E-state index contributed by atoms with van der Waals surface area (Å²) in [6.45, 7) is 13.8. The van der Waals surface area contributed by atoms with Gasteiger partial charge in [-0.3, -0.25) is 14.4 Å². The Morgan fingerprint density at radius 2 is 1.67 bits per heavy atom. The number of carbonyl (C=O) groups excluding carboxylic acids is 3. The molecule has 2 saturated heterocycles. The molecule has 9 heteroatoms. The van der Waals surface area contributed by atoms with Gasteiger partial charge in [-0.2, -0.15) is 0 Å². The van der Waals surface area contributed by atoms with Crippen LogP contribution in [0.25, 0.3) is 0 Å². The fourth-order valence-corrected chi connectivity index (χ4v) is 7.53. The third kappa shape index (κ3) is 4.07. The van der Waals surface area contributed by atoms with Crippen molar-refractivity contribution in [3.05, 3.63) is 11.6 Å². The molecule has 0 N–H and O–H groups in total. The molecule has 1 aliphatic carbocycles. The molecule has 0 aromatic heterocycles. The van der Waals surface area contributed by atoms with E-state index < -0.39 is 65.2 Å². The lowest BCUT2D eigenvalue weighted by Crippen LogP contribution is -2.68. The Morgan fingerprint density at radius 3 is 2.19 bits per heavy atom. The zero-order valence-electron chi connectivity index (χ0n) is 22.8. The SMILES string of the molecule is CO[C@@]12CC[C@@](C)(O1)[C@H]1O[C@@H](/C=C\2C)[C@H]2[C@@H]1[C@H](C(C)C)[C@@H](OC(C)=O)[C@@H](OC(C)=O)[C@]2(C)OC(C)=O. The molecule has 10 atom stereocenters. The van der Waals surface area contributed by atoms with E-state index in [2.05, 4.69) is 13.8 Å². The number of methoxy groups -OCH3 is 1. The standard InChI is InChI=1S/C27H40O9/c1-13(2)19-20-21(18-12-14(3)27(31-9)11-10-25(7,36-27)23(20)34-18)26(8,35-17(6)30)24(33-16(5)29)22(19)32-15(4)28/h12-13,18-24H,10-11H2,1-9H3/b14-12-/t18-,19-,20-,21-,22+,23-,24+,25+,26+,27-/m0/s1. The Hall–Kier alpha value is -1.97. The van der Waals surface area contributed by atoms with Gasteiger partial charge in [0.15, 0.2) is 17.5 Å². The average Bonchev–Trinajstić information content (AvgIpc) is 3.31. The third-order valence-electron chi connectivity index (χ3n) is 8.79. The van der Waals surface area contributed by atoms with Crippen molar-refractivity contribution in [3.63, 3.8) is 0 Å². The van der Waals surface area contributed by atoms with Crippen molar-refractivity contribution < 1.29 is 42.8 Å². The molecular weight excluding hydrogens is 468 g/mol. The van der Waals surface area contributed by atoms with Gasteiger partial charge in [0, 0.05) is 52.1 Å². The Kier molecular flexibility index (Phi) is 6.84. The molecular formula is C27H40O9. The molecule has 0 unspecified atom stereocenters. The van der Waals surface area contributed by atoms with E-state index in [0.717, 1.165) is 5.57 Å². The lowest BCUT2D eigenvalue weighted by Gasteiger charge is -2.55. The van der Waals surface area contributed by atoms with Crippen LogP contribution in [-0.4, -0.2) is 66.4 Å². The molecule has 1 saturated carbocycles. The van der Waals surface area contributed by atoms with Crippen molar-refractivity contribution in [2.24, 2.45) is 23.7 Å². The first-order valence-corrected chi connectivity index (χ1v) is 12.8. The van der Waals surface area contributed by atoms with Crippen LogP contribution in [0.5, 0.6) is 0 Å². The molecule has 4 aliphatic rings. The predicted octanol–water partition coefficient (Wildman–Crippen LogP) is 3.33. The summed E-state index contributed by atoms with van der Waals surface area (Å²) < 4.78 is 37.2. The van der Waals surface area contributed by atoms with Crippen molar-refractivity contribution in [3.8, 4) is 0 Å². The van der Waals surface area contributed by atoms with E-state index in [4.69, 9.17) is 28.4 Å². The fraction of sp³-hybridized carbons (Fsp3) is 0.815. The van der Waals surface area contributed by atoms with E-state index >= 15 is 0 Å². The van der Waals surface area contributed by atoms with Gasteiger partial charge in [0.25, 0.3) is 0 Å². The molecule has 0 aromatic carbocycles. The highest BCUT2D eigenvalue weighted by Gasteiger charge is 2.72. The summed E-state index contributed by atoms with van der Waals surface area (Å²) in [4.78, 5) is 37.2. The monoisotopic (exact) mass is 508 g/mol. The lowest BCUT2D eigenvalue weighted by molar-refractivity contribution is -0.257. The normalized spacial score (nSPS) is 46.7. The number of ether oxygens (including phenoxy) is 6. The molecule has 9 nitrogen and oxygen atoms in total. The summed E-state index contributed by atoms with van der Waals surface area (Å²) in [7, 11) is 1.65. The van der Waals surface area contributed by atoms with E-state index in [1.165, 1.54) is 20.8 Å². The number of carbonyl (C=O) groups is 3. The smallest absolute Gasteiger partial charge is 0.303 e. The first kappa shape index (κ1) is 27.1. The minimum atomic E-state index is -1.33. The number of hydrogen-bond donors (Lipinski definition) is 0. The molecule has 3 heterocycles. The highest BCUT2D eigenvalue weighted by atomic mass is 16.7. The van der Waals surface area contributed by atoms with Crippen LogP contribution in [0, 0.1) is 23.7 Å². The Bertz CT molecular complexity index is 959. The zero-order valence-corrected chi connectivity index (χ0v) is 22.8. The van der Waals surface area contributed by atoms with E-state index in [0.29, 0.717) is 12.8 Å². The molecule has 4 bridgehead atoms. The van der Waals surface area contributed by atoms with Crippen molar-refractivity contribution in [2.75, 3.05) is 7.11 Å². The van der Waals surface area contributed by atoms with Crippen molar-refractivity contribution in [1.82, 2.24) is 0 Å². The van der Waals surface area contributed by atoms with Crippen molar-refractivity contribution in [2.45, 2.75) is 110 Å². The highest BCUT2D eigenvalue weighted by molar-refractivity contribution is 5.69. The molecule has 0 spiro atoms. The van der Waals surface area contributed by atoms with Crippen LogP contribution < -0.4 is 0 Å². The molecule has 0 amide bonds. The van der Waals surface area contributed by atoms with Gasteiger partial charge in [0.05, 0.1) is 17.8 Å². The van der Waals surface area contributed by atoms with Crippen LogP contribution in [0.1, 0.15) is 68.2 Å². The number of hydrogen-bond acceptors (Lipinski definition) is 9. The molecule has 0 aromatic rings. The summed E-state index contributed by atoms with van der Waals surface area (Å²) in [6.07, 6.45) is 0.673. The summed E-state index contributed by atoms with van der Waals surface area (Å²) >= 11 is 0. The summed E-state index contributed by atoms with van der Waals surface area (Å²) in [5.41, 5.74) is -1.14. The van der Waals surface area contributed by atoms with Crippen LogP contribution >= 0.6 is 0 Å². The van der Waals surface area contributed by atoms with E-state index in [-0.39, 0.29) is 17.8 Å². The maximum absolute atomic E-state index is 12.5. The summed E-state index contributed by atoms with van der Waals surface area (Å²) in [5, 5.41) is 0. The van der Waals surface area contributed by atoms with Crippen LogP contribution in [0.3, 0.4) is 0 Å². The first-order chi connectivity index (χ1) is 16.7. The van der Waals surface area contributed by atoms with E-state index in [1.54, 1.807) is 14.0 Å². The van der Waals surface area contributed by atoms with Gasteiger partial charge in [0.2, 0.25) is 0 Å². The second-order valence-electron chi connectivity index (χ2n) is 11.5. The molecule has 3 aliphatic heterocycles. The van der Waals surface area contributed by atoms with Crippen molar-refractivity contribution in [1.29, 1.82) is 0 Å². The minimum absolute atomic E-state index is 0.0228.